The van der Waals surface area contributed by atoms with E-state index in [0.717, 1.165) is 13.0 Å². The van der Waals surface area contributed by atoms with E-state index in [4.69, 9.17) is 5.73 Å². The summed E-state index contributed by atoms with van der Waals surface area (Å²) in [6.07, 6.45) is 1.43. The van der Waals surface area contributed by atoms with Gasteiger partial charge in [0.05, 0.1) is 0 Å². The summed E-state index contributed by atoms with van der Waals surface area (Å²) in [6, 6.07) is 0.164. The Balaban J connectivity index is 1.72. The lowest BCUT2D eigenvalue weighted by Gasteiger charge is -2.37. The van der Waals surface area contributed by atoms with Crippen molar-refractivity contribution in [1.82, 2.24) is 14.8 Å². The van der Waals surface area contributed by atoms with Gasteiger partial charge in [0.2, 0.25) is 5.91 Å². The number of hydrogen-bond donors (Lipinski definition) is 2. The number of amides is 2. The molecule has 0 aliphatic carbocycles. The summed E-state index contributed by atoms with van der Waals surface area (Å²) in [5.74, 6) is 0.415. The first-order chi connectivity index (χ1) is 10.1. The van der Waals surface area contributed by atoms with Crippen LogP contribution in [0.3, 0.4) is 0 Å². The van der Waals surface area contributed by atoms with Crippen molar-refractivity contribution in [3.05, 3.63) is 4.88 Å². The molecular formula is C13H19N5O2S. The van der Waals surface area contributed by atoms with Crippen LogP contribution >= 0.6 is 11.3 Å². The molecule has 8 heteroatoms. The lowest BCUT2D eigenvalue weighted by molar-refractivity contribution is -0.130. The van der Waals surface area contributed by atoms with Gasteiger partial charge in [-0.15, -0.1) is 0 Å². The average molecular weight is 309 g/mol. The molecule has 2 aliphatic heterocycles. The van der Waals surface area contributed by atoms with E-state index >= 15 is 0 Å². The van der Waals surface area contributed by atoms with Crippen LogP contribution in [-0.2, 0) is 4.79 Å². The van der Waals surface area contributed by atoms with Crippen LogP contribution in [0.25, 0.3) is 0 Å². The zero-order chi connectivity index (χ0) is 15.0. The molecule has 0 radical (unpaired) electrons. The van der Waals surface area contributed by atoms with Crippen LogP contribution < -0.4 is 11.1 Å². The predicted octanol–water partition coefficient (Wildman–Crippen LogP) is 0.604. The van der Waals surface area contributed by atoms with Gasteiger partial charge in [0, 0.05) is 38.6 Å². The van der Waals surface area contributed by atoms with Crippen LogP contribution in [0.1, 0.15) is 29.4 Å². The minimum Gasteiger partial charge on any atom is -0.382 e. The van der Waals surface area contributed by atoms with Crippen molar-refractivity contribution in [3.63, 3.8) is 0 Å². The fourth-order valence-corrected chi connectivity index (χ4v) is 3.82. The number of nitrogens with two attached hydrogens (primary N) is 1. The molecule has 3 N–H and O–H groups in total. The molecule has 2 aliphatic rings. The molecule has 114 valence electrons. The molecule has 3 heterocycles. The monoisotopic (exact) mass is 309 g/mol. The summed E-state index contributed by atoms with van der Waals surface area (Å²) in [5, 5.41) is 3.75. The molecule has 0 spiro atoms. The first kappa shape index (κ1) is 14.1. The van der Waals surface area contributed by atoms with Crippen LogP contribution in [0.5, 0.6) is 0 Å². The number of nitrogens with one attached hydrogen (secondary N) is 1. The standard InChI is InChI=1S/C13H19N5O2S/c1-2-15-13-16-11(14)10(21-13)12(20)17-5-6-18-8(7-17)3-4-9(18)19/h8H,2-7,14H2,1H3,(H,15,16). The Morgan fingerprint density at radius 3 is 3.10 bits per heavy atom. The minimum absolute atomic E-state index is 0.0758. The lowest BCUT2D eigenvalue weighted by Crippen LogP contribution is -2.53. The SMILES string of the molecule is CCNc1nc(N)c(C(=O)N2CCN3C(=O)CCC3C2)s1. The van der Waals surface area contributed by atoms with Crippen molar-refractivity contribution < 1.29 is 9.59 Å². The molecule has 2 fully saturated rings. The Bertz CT molecular complexity index is 573. The minimum atomic E-state index is -0.0758. The lowest BCUT2D eigenvalue weighted by atomic mass is 10.1. The largest absolute Gasteiger partial charge is 0.382 e. The molecule has 1 aromatic heterocycles. The predicted molar refractivity (Wildman–Crippen MR) is 81.3 cm³/mol. The molecular weight excluding hydrogens is 290 g/mol. The number of thiazole rings is 1. The Labute approximate surface area is 127 Å². The Kier molecular flexibility index (Phi) is 3.71. The Morgan fingerprint density at radius 1 is 1.52 bits per heavy atom. The van der Waals surface area contributed by atoms with E-state index in [-0.39, 0.29) is 23.7 Å². The van der Waals surface area contributed by atoms with E-state index in [2.05, 4.69) is 10.3 Å². The van der Waals surface area contributed by atoms with Crippen molar-refractivity contribution in [2.75, 3.05) is 37.2 Å². The Morgan fingerprint density at radius 2 is 2.33 bits per heavy atom. The summed E-state index contributed by atoms with van der Waals surface area (Å²) in [5.41, 5.74) is 5.86. The summed E-state index contributed by atoms with van der Waals surface area (Å²) in [4.78, 5) is 32.6. The van der Waals surface area contributed by atoms with E-state index in [0.29, 0.717) is 36.1 Å². The summed E-state index contributed by atoms with van der Waals surface area (Å²) in [6.45, 7) is 4.49. The van der Waals surface area contributed by atoms with E-state index < -0.39 is 0 Å². The number of anilines is 2. The number of nitrogen functional groups attached to an aromatic ring is 1. The first-order valence-electron chi connectivity index (χ1n) is 7.19. The second-order valence-electron chi connectivity index (χ2n) is 5.29. The van der Waals surface area contributed by atoms with Gasteiger partial charge in [-0.1, -0.05) is 11.3 Å². The van der Waals surface area contributed by atoms with Crippen molar-refractivity contribution in [1.29, 1.82) is 0 Å². The third-order valence-electron chi connectivity index (χ3n) is 3.96. The fourth-order valence-electron chi connectivity index (χ4n) is 2.90. The van der Waals surface area contributed by atoms with Gasteiger partial charge in [-0.2, -0.15) is 0 Å². The molecule has 1 aromatic rings. The maximum atomic E-state index is 12.6. The summed E-state index contributed by atoms with van der Waals surface area (Å²) in [7, 11) is 0. The first-order valence-corrected chi connectivity index (χ1v) is 8.00. The van der Waals surface area contributed by atoms with Gasteiger partial charge < -0.3 is 20.9 Å². The van der Waals surface area contributed by atoms with E-state index in [1.807, 2.05) is 11.8 Å². The highest BCUT2D eigenvalue weighted by atomic mass is 32.1. The van der Waals surface area contributed by atoms with E-state index in [9.17, 15) is 9.59 Å². The quantitative estimate of drug-likeness (QED) is 0.853. The zero-order valence-electron chi connectivity index (χ0n) is 12.0. The third-order valence-corrected chi connectivity index (χ3v) is 4.97. The number of carbonyl (C=O) groups excluding carboxylic acids is 2. The van der Waals surface area contributed by atoms with Gasteiger partial charge in [-0.3, -0.25) is 9.59 Å². The molecule has 2 saturated heterocycles. The smallest absolute Gasteiger partial charge is 0.267 e. The maximum Gasteiger partial charge on any atom is 0.267 e. The number of rotatable bonds is 3. The number of nitrogens with zero attached hydrogens (tertiary/aromatic N) is 3. The number of fused-ring (bicyclic) bond motifs is 1. The molecule has 1 atom stereocenters. The molecule has 3 rings (SSSR count). The van der Waals surface area contributed by atoms with Crippen LogP contribution in [0.4, 0.5) is 10.9 Å². The second kappa shape index (κ2) is 5.51. The zero-order valence-corrected chi connectivity index (χ0v) is 12.8. The molecule has 0 bridgehead atoms. The van der Waals surface area contributed by atoms with Gasteiger partial charge in [-0.25, -0.2) is 4.98 Å². The molecule has 2 amide bonds. The highest BCUT2D eigenvalue weighted by Gasteiger charge is 2.37. The average Bonchev–Trinajstić information content (AvgIpc) is 3.02. The molecule has 21 heavy (non-hydrogen) atoms. The fraction of sp³-hybridized carbons (Fsp3) is 0.615. The maximum absolute atomic E-state index is 12.6. The highest BCUT2D eigenvalue weighted by molar-refractivity contribution is 7.18. The number of piperazine rings is 1. The summed E-state index contributed by atoms with van der Waals surface area (Å²) >= 11 is 1.29. The molecule has 1 unspecified atom stereocenters. The van der Waals surface area contributed by atoms with Crippen LogP contribution in [0.2, 0.25) is 0 Å². The van der Waals surface area contributed by atoms with Crippen LogP contribution in [0, 0.1) is 0 Å². The number of hydrogen-bond acceptors (Lipinski definition) is 6. The van der Waals surface area contributed by atoms with Gasteiger partial charge in [-0.05, 0) is 13.3 Å². The van der Waals surface area contributed by atoms with Crippen molar-refractivity contribution in [2.24, 2.45) is 0 Å². The Hall–Kier alpha value is -1.83. The van der Waals surface area contributed by atoms with Gasteiger partial charge in [0.1, 0.15) is 10.7 Å². The van der Waals surface area contributed by atoms with Gasteiger partial charge in [0.15, 0.2) is 5.13 Å². The summed E-state index contributed by atoms with van der Waals surface area (Å²) < 4.78 is 0. The van der Waals surface area contributed by atoms with Gasteiger partial charge in [0.25, 0.3) is 5.91 Å². The third kappa shape index (κ3) is 2.55. The van der Waals surface area contributed by atoms with Crippen LogP contribution in [0.15, 0.2) is 0 Å². The second-order valence-corrected chi connectivity index (χ2v) is 6.29. The van der Waals surface area contributed by atoms with Crippen LogP contribution in [-0.4, -0.2) is 58.8 Å². The number of aromatic nitrogens is 1. The molecule has 0 aromatic carbocycles. The topological polar surface area (TPSA) is 91.6 Å². The van der Waals surface area contributed by atoms with Crippen molar-refractivity contribution in [3.8, 4) is 0 Å². The molecule has 7 nitrogen and oxygen atoms in total. The van der Waals surface area contributed by atoms with Gasteiger partial charge >= 0.3 is 0 Å². The highest BCUT2D eigenvalue weighted by Crippen LogP contribution is 2.29. The molecule has 0 saturated carbocycles. The number of carbonyl (C=O) groups is 2. The van der Waals surface area contributed by atoms with Crippen molar-refractivity contribution >= 4 is 34.1 Å². The van der Waals surface area contributed by atoms with E-state index in [1.165, 1.54) is 11.3 Å². The van der Waals surface area contributed by atoms with E-state index in [1.54, 1.807) is 4.90 Å². The van der Waals surface area contributed by atoms with Crippen molar-refractivity contribution in [2.45, 2.75) is 25.8 Å². The normalized spacial score (nSPS) is 21.6.